The van der Waals surface area contributed by atoms with Crippen molar-refractivity contribution in [3.05, 3.63) is 52.2 Å². The molecule has 1 aromatic heterocycles. The van der Waals surface area contributed by atoms with Crippen LogP contribution in [0.2, 0.25) is 0 Å². The van der Waals surface area contributed by atoms with Crippen LogP contribution in [0.15, 0.2) is 41.1 Å². The molecule has 1 saturated heterocycles. The maximum Gasteiger partial charge on any atom is 0.315 e. The number of carboxylic acid groups (broad SMARTS) is 1. The zero-order chi connectivity index (χ0) is 22.5. The number of nitrogens with two attached hydrogens (primary N) is 1. The molecule has 2 heterocycles. The fourth-order valence-electron chi connectivity index (χ4n) is 3.49. The van der Waals surface area contributed by atoms with E-state index in [0.29, 0.717) is 29.8 Å². The van der Waals surface area contributed by atoms with Gasteiger partial charge in [0, 0.05) is 12.1 Å². The predicted molar refractivity (Wildman–Crippen MR) is 115 cm³/mol. The molecular weight excluding hydrogens is 420 g/mol. The number of amidine groups is 1. The number of nitrogen functional groups attached to an aromatic ring is 1. The highest BCUT2D eigenvalue weighted by Crippen LogP contribution is 2.30. The van der Waals surface area contributed by atoms with Gasteiger partial charge in [0.15, 0.2) is 6.23 Å². The van der Waals surface area contributed by atoms with Gasteiger partial charge in [-0.25, -0.2) is 0 Å². The van der Waals surface area contributed by atoms with Crippen LogP contribution in [0.3, 0.4) is 0 Å². The topological polar surface area (TPSA) is 137 Å². The minimum Gasteiger partial charge on any atom is -0.481 e. The van der Waals surface area contributed by atoms with Crippen LogP contribution in [0.4, 0.5) is 0 Å². The van der Waals surface area contributed by atoms with Gasteiger partial charge in [0.25, 0.3) is 0 Å². The number of benzene rings is 1. The van der Waals surface area contributed by atoms with E-state index in [9.17, 15) is 19.5 Å². The van der Waals surface area contributed by atoms with E-state index in [1.54, 1.807) is 41.1 Å². The molecule has 1 fully saturated rings. The van der Waals surface area contributed by atoms with Crippen LogP contribution in [0.1, 0.15) is 36.9 Å². The fraction of sp³-hybridized carbons (Fsp3) is 0.333. The third kappa shape index (κ3) is 5.02. The number of hydrogen-bond donors (Lipinski definition) is 3. The molecule has 2 amide bonds. The molecule has 10 heteroatoms. The van der Waals surface area contributed by atoms with E-state index in [1.165, 1.54) is 21.1 Å². The number of carbonyl (C=O) groups is 3. The monoisotopic (exact) mass is 444 g/mol. The van der Waals surface area contributed by atoms with Crippen LogP contribution in [-0.4, -0.2) is 57.8 Å². The third-order valence-corrected chi connectivity index (χ3v) is 5.68. The van der Waals surface area contributed by atoms with Gasteiger partial charge in [-0.3, -0.25) is 24.7 Å². The van der Waals surface area contributed by atoms with Gasteiger partial charge in [-0.15, -0.1) is 0 Å². The number of nitrogens with zero attached hydrogens (tertiary/aromatic N) is 2. The second kappa shape index (κ2) is 9.61. The quantitative estimate of drug-likeness (QED) is 0.307. The summed E-state index contributed by atoms with van der Waals surface area (Å²) in [6, 6.07) is 7.53. The van der Waals surface area contributed by atoms with E-state index in [-0.39, 0.29) is 18.8 Å². The molecular formula is C21H24N4O5S. The number of carboxylic acids is 1. The SMILES string of the molecule is CCCN1C(=O)C(=O)N(C(CC(=O)O)c2ccsc2)CC1Oc1ccc(C(=N)N)cc1. The Bertz CT molecular complexity index is 961. The number of carbonyl (C=O) groups excluding carboxylic acids is 2. The highest BCUT2D eigenvalue weighted by atomic mass is 32.1. The van der Waals surface area contributed by atoms with Gasteiger partial charge in [-0.2, -0.15) is 11.3 Å². The highest BCUT2D eigenvalue weighted by Gasteiger charge is 2.43. The Labute approximate surface area is 183 Å². The Morgan fingerprint density at radius 3 is 2.55 bits per heavy atom. The Kier molecular flexibility index (Phi) is 6.91. The molecule has 0 spiro atoms. The molecule has 0 radical (unpaired) electrons. The maximum atomic E-state index is 12.9. The zero-order valence-corrected chi connectivity index (χ0v) is 17.8. The molecule has 2 unspecified atom stereocenters. The molecule has 4 N–H and O–H groups in total. The van der Waals surface area contributed by atoms with Crippen molar-refractivity contribution in [2.45, 2.75) is 32.0 Å². The number of nitrogens with one attached hydrogen (secondary N) is 1. The van der Waals surface area contributed by atoms with Gasteiger partial charge in [0.2, 0.25) is 0 Å². The van der Waals surface area contributed by atoms with Gasteiger partial charge in [0.1, 0.15) is 11.6 Å². The van der Waals surface area contributed by atoms with Gasteiger partial charge < -0.3 is 20.5 Å². The molecule has 2 atom stereocenters. The van der Waals surface area contributed by atoms with E-state index in [2.05, 4.69) is 0 Å². The summed E-state index contributed by atoms with van der Waals surface area (Å²) in [5.41, 5.74) is 6.68. The lowest BCUT2D eigenvalue weighted by molar-refractivity contribution is -0.169. The molecule has 3 rings (SSSR count). The van der Waals surface area contributed by atoms with Crippen molar-refractivity contribution in [2.75, 3.05) is 13.1 Å². The van der Waals surface area contributed by atoms with Crippen molar-refractivity contribution in [3.8, 4) is 5.75 Å². The van der Waals surface area contributed by atoms with E-state index in [0.717, 1.165) is 0 Å². The van der Waals surface area contributed by atoms with Crippen LogP contribution < -0.4 is 10.5 Å². The number of rotatable bonds is 9. The zero-order valence-electron chi connectivity index (χ0n) is 17.0. The smallest absolute Gasteiger partial charge is 0.315 e. The summed E-state index contributed by atoms with van der Waals surface area (Å²) in [6.07, 6.45) is -0.460. The third-order valence-electron chi connectivity index (χ3n) is 4.98. The Morgan fingerprint density at radius 1 is 1.29 bits per heavy atom. The van der Waals surface area contributed by atoms with Crippen LogP contribution >= 0.6 is 11.3 Å². The second-order valence-electron chi connectivity index (χ2n) is 7.14. The van der Waals surface area contributed by atoms with Crippen molar-refractivity contribution in [1.29, 1.82) is 5.41 Å². The van der Waals surface area contributed by atoms with Crippen LogP contribution in [-0.2, 0) is 14.4 Å². The first-order valence-corrected chi connectivity index (χ1v) is 10.7. The van der Waals surface area contributed by atoms with Crippen molar-refractivity contribution in [2.24, 2.45) is 5.73 Å². The first-order chi connectivity index (χ1) is 14.8. The highest BCUT2D eigenvalue weighted by molar-refractivity contribution is 7.08. The minimum atomic E-state index is -1.07. The molecule has 2 aromatic rings. The van der Waals surface area contributed by atoms with E-state index < -0.39 is 30.1 Å². The number of amides is 2. The summed E-state index contributed by atoms with van der Waals surface area (Å²) < 4.78 is 6.03. The number of hydrogen-bond acceptors (Lipinski definition) is 6. The normalized spacial score (nSPS) is 17.5. The van der Waals surface area contributed by atoms with Gasteiger partial charge >= 0.3 is 17.8 Å². The average Bonchev–Trinajstić information content (AvgIpc) is 3.26. The Balaban J connectivity index is 1.90. The molecule has 0 saturated carbocycles. The van der Waals surface area contributed by atoms with Gasteiger partial charge in [-0.1, -0.05) is 6.92 Å². The van der Waals surface area contributed by atoms with Crippen molar-refractivity contribution < 1.29 is 24.2 Å². The van der Waals surface area contributed by atoms with E-state index in [4.69, 9.17) is 15.9 Å². The lowest BCUT2D eigenvalue weighted by Gasteiger charge is -2.42. The second-order valence-corrected chi connectivity index (χ2v) is 7.92. The minimum absolute atomic E-state index is 0.0346. The lowest BCUT2D eigenvalue weighted by atomic mass is 10.0. The molecule has 1 aromatic carbocycles. The number of piperazine rings is 1. The van der Waals surface area contributed by atoms with Crippen molar-refractivity contribution >= 4 is 35.0 Å². The molecule has 164 valence electrons. The fourth-order valence-corrected chi connectivity index (χ4v) is 4.20. The summed E-state index contributed by atoms with van der Waals surface area (Å²) in [6.45, 7) is 2.25. The molecule has 0 aliphatic carbocycles. The summed E-state index contributed by atoms with van der Waals surface area (Å²) in [4.78, 5) is 39.9. The number of aliphatic carboxylic acids is 1. The summed E-state index contributed by atoms with van der Waals surface area (Å²) in [7, 11) is 0. The van der Waals surface area contributed by atoms with Crippen LogP contribution in [0.25, 0.3) is 0 Å². The molecule has 31 heavy (non-hydrogen) atoms. The molecule has 1 aliphatic heterocycles. The van der Waals surface area contributed by atoms with Crippen LogP contribution in [0.5, 0.6) is 5.75 Å². The number of thiophene rings is 1. The van der Waals surface area contributed by atoms with Crippen molar-refractivity contribution in [3.63, 3.8) is 0 Å². The van der Waals surface area contributed by atoms with Crippen molar-refractivity contribution in [1.82, 2.24) is 9.80 Å². The standard InChI is InChI=1S/C21H24N4O5S/c1-2-8-24-17(30-15-5-3-13(4-6-15)19(22)23)11-25(21(29)20(24)28)16(10-18(26)27)14-7-9-31-12-14/h3-7,9,12,16-17H,2,8,10-11H2,1H3,(H3,22,23)(H,26,27). The molecule has 1 aliphatic rings. The average molecular weight is 445 g/mol. The van der Waals surface area contributed by atoms with Crippen LogP contribution in [0, 0.1) is 5.41 Å². The van der Waals surface area contributed by atoms with Gasteiger partial charge in [0.05, 0.1) is 19.0 Å². The first kappa shape index (κ1) is 22.3. The molecule has 9 nitrogen and oxygen atoms in total. The largest absolute Gasteiger partial charge is 0.481 e. The van der Waals surface area contributed by atoms with E-state index >= 15 is 0 Å². The Morgan fingerprint density at radius 2 is 2.00 bits per heavy atom. The predicted octanol–water partition coefficient (Wildman–Crippen LogP) is 2.03. The maximum absolute atomic E-state index is 12.9. The first-order valence-electron chi connectivity index (χ1n) is 9.78. The summed E-state index contributed by atoms with van der Waals surface area (Å²) >= 11 is 1.39. The van der Waals surface area contributed by atoms with E-state index in [1.807, 2.05) is 6.92 Å². The van der Waals surface area contributed by atoms with Gasteiger partial charge in [-0.05, 0) is 53.1 Å². The summed E-state index contributed by atoms with van der Waals surface area (Å²) in [5, 5.41) is 20.4. The Hall–Kier alpha value is -3.40. The number of ether oxygens (including phenoxy) is 1. The summed E-state index contributed by atoms with van der Waals surface area (Å²) in [5.74, 6) is -2.15. The lowest BCUT2D eigenvalue weighted by Crippen LogP contribution is -2.62. The molecule has 0 bridgehead atoms.